The Morgan fingerprint density at radius 2 is 1.38 bits per heavy atom. The van der Waals surface area contributed by atoms with Crippen molar-refractivity contribution in [1.82, 2.24) is 19.6 Å². The molecular formula is C12H18N4O5. The number of likely N-dealkylation sites (N-methyl/N-ethyl adjacent to an activating group) is 2. The molecule has 0 aromatic heterocycles. The van der Waals surface area contributed by atoms with E-state index in [2.05, 4.69) is 4.74 Å². The fraction of sp³-hybridized carbons (Fsp3) is 0.667. The molecule has 6 amide bonds. The molecule has 0 unspecified atom stereocenters. The van der Waals surface area contributed by atoms with Gasteiger partial charge in [-0.05, 0) is 13.8 Å². The molecule has 116 valence electrons. The van der Waals surface area contributed by atoms with Gasteiger partial charge in [0.25, 0.3) is 0 Å². The van der Waals surface area contributed by atoms with Gasteiger partial charge in [-0.2, -0.15) is 4.90 Å². The van der Waals surface area contributed by atoms with Crippen LogP contribution in [0.4, 0.5) is 14.4 Å². The Hall–Kier alpha value is -2.32. The molecule has 0 spiro atoms. The van der Waals surface area contributed by atoms with Crippen LogP contribution >= 0.6 is 0 Å². The smallest absolute Gasteiger partial charge is 0.419 e. The zero-order valence-electron chi connectivity index (χ0n) is 12.8. The van der Waals surface area contributed by atoms with Gasteiger partial charge >= 0.3 is 18.2 Å². The summed E-state index contributed by atoms with van der Waals surface area (Å²) in [6, 6.07) is -1.22. The van der Waals surface area contributed by atoms with Gasteiger partial charge in [0.2, 0.25) is 5.91 Å². The van der Waals surface area contributed by atoms with Crippen LogP contribution in [-0.4, -0.2) is 76.2 Å². The Morgan fingerprint density at radius 3 is 1.76 bits per heavy atom. The second-order valence-corrected chi connectivity index (χ2v) is 5.38. The molecule has 2 heterocycles. The first-order chi connectivity index (χ1) is 9.56. The second-order valence-electron chi connectivity index (χ2n) is 5.38. The summed E-state index contributed by atoms with van der Waals surface area (Å²) in [4.78, 5) is 53.0. The molecule has 21 heavy (non-hydrogen) atoms. The van der Waals surface area contributed by atoms with Gasteiger partial charge in [0.1, 0.15) is 0 Å². The number of rotatable bonds is 0. The third kappa shape index (κ3) is 1.35. The van der Waals surface area contributed by atoms with E-state index in [-0.39, 0.29) is 0 Å². The molecule has 9 nitrogen and oxygen atoms in total. The molecule has 0 aliphatic carbocycles. The molecule has 0 bridgehead atoms. The monoisotopic (exact) mass is 298 g/mol. The van der Waals surface area contributed by atoms with Crippen LogP contribution in [0.3, 0.4) is 0 Å². The first-order valence-corrected chi connectivity index (χ1v) is 6.31. The van der Waals surface area contributed by atoms with Gasteiger partial charge in [0.05, 0.1) is 7.11 Å². The SMILES string of the molecule is COC(=O)N1C(=O)N(C)[C@@]2(C)N(C)C(=O)N(C(C)=O)[C@@]12C. The van der Waals surface area contributed by atoms with Crippen LogP contribution in [0, 0.1) is 0 Å². The minimum Gasteiger partial charge on any atom is -0.452 e. The number of hydrogen-bond acceptors (Lipinski definition) is 5. The van der Waals surface area contributed by atoms with Gasteiger partial charge < -0.3 is 9.64 Å². The quantitative estimate of drug-likeness (QED) is 0.648. The summed E-state index contributed by atoms with van der Waals surface area (Å²) in [5, 5.41) is 0. The van der Waals surface area contributed by atoms with E-state index in [0.717, 1.165) is 16.9 Å². The number of amides is 6. The lowest BCUT2D eigenvalue weighted by Gasteiger charge is -2.42. The zero-order chi connectivity index (χ0) is 16.3. The Morgan fingerprint density at radius 1 is 0.952 bits per heavy atom. The summed E-state index contributed by atoms with van der Waals surface area (Å²) < 4.78 is 4.64. The van der Waals surface area contributed by atoms with Crippen molar-refractivity contribution >= 4 is 24.1 Å². The van der Waals surface area contributed by atoms with Gasteiger partial charge in [-0.25, -0.2) is 19.3 Å². The van der Waals surface area contributed by atoms with Crippen LogP contribution in [0.25, 0.3) is 0 Å². The Balaban J connectivity index is 2.75. The maximum Gasteiger partial charge on any atom is 0.419 e. The summed E-state index contributed by atoms with van der Waals surface area (Å²) in [6.45, 7) is 4.32. The van der Waals surface area contributed by atoms with Gasteiger partial charge in [-0.3, -0.25) is 9.69 Å². The van der Waals surface area contributed by atoms with E-state index in [1.807, 2.05) is 0 Å². The highest BCUT2D eigenvalue weighted by molar-refractivity contribution is 6.03. The minimum absolute atomic E-state index is 0.560. The summed E-state index contributed by atoms with van der Waals surface area (Å²) >= 11 is 0. The van der Waals surface area contributed by atoms with Crippen molar-refractivity contribution in [2.24, 2.45) is 0 Å². The molecular weight excluding hydrogens is 280 g/mol. The van der Waals surface area contributed by atoms with Crippen molar-refractivity contribution in [3.63, 3.8) is 0 Å². The topological polar surface area (TPSA) is 90.5 Å². The summed E-state index contributed by atoms with van der Waals surface area (Å²) in [6.07, 6.45) is -0.924. The van der Waals surface area contributed by atoms with Crippen molar-refractivity contribution in [3.05, 3.63) is 0 Å². The van der Waals surface area contributed by atoms with E-state index >= 15 is 0 Å². The first kappa shape index (κ1) is 15.1. The number of fused-ring (bicyclic) bond motifs is 1. The van der Waals surface area contributed by atoms with Crippen LogP contribution in [0.5, 0.6) is 0 Å². The Labute approximate surface area is 122 Å². The number of ether oxygens (including phenoxy) is 1. The average Bonchev–Trinajstić information content (AvgIpc) is 2.66. The minimum atomic E-state index is -1.50. The maximum atomic E-state index is 12.4. The predicted octanol–water partition coefficient (Wildman–Crippen LogP) is 0.466. The summed E-state index contributed by atoms with van der Waals surface area (Å²) in [5.74, 6) is -0.560. The molecule has 0 radical (unpaired) electrons. The first-order valence-electron chi connectivity index (χ1n) is 6.31. The Bertz CT molecular complexity index is 564. The normalized spacial score (nSPS) is 31.9. The molecule has 2 saturated heterocycles. The molecule has 9 heteroatoms. The molecule has 0 saturated carbocycles. The largest absolute Gasteiger partial charge is 0.452 e. The fourth-order valence-corrected chi connectivity index (χ4v) is 3.22. The van der Waals surface area contributed by atoms with E-state index < -0.39 is 35.4 Å². The van der Waals surface area contributed by atoms with Gasteiger partial charge in [0, 0.05) is 21.0 Å². The van der Waals surface area contributed by atoms with E-state index in [1.165, 1.54) is 37.7 Å². The lowest BCUT2D eigenvalue weighted by molar-refractivity contribution is -0.134. The van der Waals surface area contributed by atoms with Crippen molar-refractivity contribution in [3.8, 4) is 0 Å². The highest BCUT2D eigenvalue weighted by atomic mass is 16.5. The third-order valence-corrected chi connectivity index (χ3v) is 4.70. The van der Waals surface area contributed by atoms with Crippen LogP contribution in [0.15, 0.2) is 0 Å². The van der Waals surface area contributed by atoms with E-state index in [1.54, 1.807) is 6.92 Å². The summed E-state index contributed by atoms with van der Waals surface area (Å²) in [7, 11) is 4.08. The highest BCUT2D eigenvalue weighted by Crippen LogP contribution is 2.50. The second kappa shape index (κ2) is 4.09. The lowest BCUT2D eigenvalue weighted by atomic mass is 9.95. The number of urea groups is 2. The number of hydrogen-bond donors (Lipinski definition) is 0. The molecule has 2 fully saturated rings. The predicted molar refractivity (Wildman–Crippen MR) is 69.9 cm³/mol. The molecule has 0 aromatic rings. The molecule has 2 aliphatic heterocycles. The number of imide groups is 2. The van der Waals surface area contributed by atoms with E-state index in [0.29, 0.717) is 0 Å². The standard InChI is InChI=1S/C12H18N4O5/c1-7(17)15-8(18)13(4)11(2)12(15,3)16(10(20)21-6)9(19)14(11)5/h1-6H3/t11-,12+/m1/s1. The summed E-state index contributed by atoms with van der Waals surface area (Å²) in [5.41, 5.74) is -2.69. The molecule has 2 atom stereocenters. The fourth-order valence-electron chi connectivity index (χ4n) is 3.22. The number of nitrogens with zero attached hydrogens (tertiary/aromatic N) is 4. The van der Waals surface area contributed by atoms with Crippen molar-refractivity contribution in [2.75, 3.05) is 21.2 Å². The average molecular weight is 298 g/mol. The van der Waals surface area contributed by atoms with Crippen molar-refractivity contribution in [1.29, 1.82) is 0 Å². The van der Waals surface area contributed by atoms with Crippen LogP contribution in [0.1, 0.15) is 20.8 Å². The van der Waals surface area contributed by atoms with Crippen molar-refractivity contribution < 1.29 is 23.9 Å². The van der Waals surface area contributed by atoms with E-state index in [9.17, 15) is 19.2 Å². The van der Waals surface area contributed by atoms with Crippen LogP contribution in [0.2, 0.25) is 0 Å². The van der Waals surface area contributed by atoms with Gasteiger partial charge in [0.15, 0.2) is 11.3 Å². The van der Waals surface area contributed by atoms with Crippen molar-refractivity contribution in [2.45, 2.75) is 32.1 Å². The highest BCUT2D eigenvalue weighted by Gasteiger charge is 2.75. The van der Waals surface area contributed by atoms with Gasteiger partial charge in [-0.15, -0.1) is 0 Å². The zero-order valence-corrected chi connectivity index (χ0v) is 12.8. The van der Waals surface area contributed by atoms with Crippen LogP contribution in [-0.2, 0) is 9.53 Å². The van der Waals surface area contributed by atoms with E-state index in [4.69, 9.17) is 0 Å². The third-order valence-electron chi connectivity index (χ3n) is 4.70. The molecule has 0 aromatic carbocycles. The van der Waals surface area contributed by atoms with Gasteiger partial charge in [-0.1, -0.05) is 0 Å². The molecule has 2 rings (SSSR count). The Kier molecular flexibility index (Phi) is 2.94. The number of methoxy groups -OCH3 is 1. The number of carbonyl (C=O) groups is 4. The lowest BCUT2D eigenvalue weighted by Crippen LogP contribution is -2.65. The van der Waals surface area contributed by atoms with Crippen LogP contribution < -0.4 is 0 Å². The maximum absolute atomic E-state index is 12.4. The molecule has 0 N–H and O–H groups in total. The molecule has 2 aliphatic rings. The number of carbonyl (C=O) groups excluding carboxylic acids is 4.